The Kier molecular flexibility index (Phi) is 7.44. The molecule has 1 aliphatic heterocycles. The Morgan fingerprint density at radius 2 is 1.94 bits per heavy atom. The molecule has 2 aliphatic rings. The molecule has 8 heteroatoms. The predicted octanol–water partition coefficient (Wildman–Crippen LogP) is 3.08. The number of carbonyl (C=O) groups excluding carboxylic acids is 2. The van der Waals surface area contributed by atoms with Gasteiger partial charge in [-0.25, -0.2) is 4.79 Å². The van der Waals surface area contributed by atoms with E-state index in [0.717, 1.165) is 23.7 Å². The Labute approximate surface area is 187 Å². The van der Waals surface area contributed by atoms with Crippen LogP contribution in [0.3, 0.4) is 0 Å². The molecule has 1 heterocycles. The van der Waals surface area contributed by atoms with E-state index in [2.05, 4.69) is 40.4 Å². The number of hydrogen-bond donors (Lipinski definition) is 2. The summed E-state index contributed by atoms with van der Waals surface area (Å²) in [7, 11) is 0. The Hall–Kier alpha value is -2.84. The summed E-state index contributed by atoms with van der Waals surface area (Å²) in [5.74, 6) is 1.13. The minimum Gasteiger partial charge on any atom is -0.493 e. The van der Waals surface area contributed by atoms with E-state index < -0.39 is 18.6 Å². The van der Waals surface area contributed by atoms with Crippen molar-refractivity contribution >= 4 is 22.8 Å². The van der Waals surface area contributed by atoms with Gasteiger partial charge in [0.2, 0.25) is 0 Å². The fraction of sp³-hybridized carbons (Fsp3) is 0.500. The zero-order valence-corrected chi connectivity index (χ0v) is 18.1. The number of amides is 2. The SMILES string of the molecule is NC(=O)COC(=O)NCCC[C@H]1OC[C@H](c2cccc3cc(OCC4CC4)ccc32)CO1. The number of carbonyl (C=O) groups is 2. The lowest BCUT2D eigenvalue weighted by molar-refractivity contribution is -0.189. The number of nitrogens with one attached hydrogen (secondary N) is 1. The Bertz CT molecular complexity index is 937. The summed E-state index contributed by atoms with van der Waals surface area (Å²) in [4.78, 5) is 22.0. The van der Waals surface area contributed by atoms with Crippen LogP contribution >= 0.6 is 0 Å². The monoisotopic (exact) mass is 442 g/mol. The van der Waals surface area contributed by atoms with Crippen LogP contribution in [0.1, 0.15) is 37.2 Å². The molecule has 1 aliphatic carbocycles. The highest BCUT2D eigenvalue weighted by Gasteiger charge is 2.25. The fourth-order valence-corrected chi connectivity index (χ4v) is 3.77. The first-order chi connectivity index (χ1) is 15.6. The highest BCUT2D eigenvalue weighted by molar-refractivity contribution is 5.87. The minimum absolute atomic E-state index is 0.162. The van der Waals surface area contributed by atoms with E-state index in [1.165, 1.54) is 23.8 Å². The molecule has 2 amide bonds. The number of primary amides is 1. The van der Waals surface area contributed by atoms with Gasteiger partial charge in [-0.3, -0.25) is 4.79 Å². The number of rotatable bonds is 10. The van der Waals surface area contributed by atoms with Crippen LogP contribution in [-0.2, 0) is 19.0 Å². The molecule has 1 saturated heterocycles. The maximum Gasteiger partial charge on any atom is 0.407 e. The minimum atomic E-state index is -0.688. The van der Waals surface area contributed by atoms with Crippen LogP contribution in [0.15, 0.2) is 36.4 Å². The van der Waals surface area contributed by atoms with Crippen molar-refractivity contribution in [1.29, 1.82) is 0 Å². The largest absolute Gasteiger partial charge is 0.493 e. The first kappa shape index (κ1) is 22.4. The van der Waals surface area contributed by atoms with Gasteiger partial charge in [0.25, 0.3) is 5.91 Å². The Balaban J connectivity index is 1.23. The third-order valence-electron chi connectivity index (χ3n) is 5.71. The van der Waals surface area contributed by atoms with Gasteiger partial charge in [0, 0.05) is 18.9 Å². The van der Waals surface area contributed by atoms with Crippen LogP contribution in [-0.4, -0.2) is 51.3 Å². The third-order valence-corrected chi connectivity index (χ3v) is 5.71. The maximum absolute atomic E-state index is 11.4. The molecular weight excluding hydrogens is 412 g/mol. The third kappa shape index (κ3) is 6.34. The van der Waals surface area contributed by atoms with Crippen molar-refractivity contribution in [2.24, 2.45) is 11.7 Å². The summed E-state index contributed by atoms with van der Waals surface area (Å²) in [5.41, 5.74) is 6.14. The zero-order chi connectivity index (χ0) is 22.3. The summed E-state index contributed by atoms with van der Waals surface area (Å²) in [5, 5.41) is 4.92. The van der Waals surface area contributed by atoms with Gasteiger partial charge in [0.15, 0.2) is 12.9 Å². The summed E-state index contributed by atoms with van der Waals surface area (Å²) in [6.07, 6.45) is 2.92. The highest BCUT2D eigenvalue weighted by atomic mass is 16.7. The van der Waals surface area contributed by atoms with Crippen molar-refractivity contribution in [1.82, 2.24) is 5.32 Å². The van der Waals surface area contributed by atoms with Crippen molar-refractivity contribution in [2.45, 2.75) is 37.9 Å². The quantitative estimate of drug-likeness (QED) is 0.548. The molecule has 3 N–H and O–H groups in total. The average molecular weight is 443 g/mol. The number of ether oxygens (including phenoxy) is 4. The van der Waals surface area contributed by atoms with E-state index in [1.807, 2.05) is 6.07 Å². The van der Waals surface area contributed by atoms with Crippen molar-refractivity contribution in [3.05, 3.63) is 42.0 Å². The summed E-state index contributed by atoms with van der Waals surface area (Å²) >= 11 is 0. The number of nitrogens with two attached hydrogens (primary N) is 1. The Morgan fingerprint density at radius 1 is 1.12 bits per heavy atom. The lowest BCUT2D eigenvalue weighted by Gasteiger charge is -2.30. The van der Waals surface area contributed by atoms with Gasteiger partial charge in [-0.1, -0.05) is 24.3 Å². The smallest absolute Gasteiger partial charge is 0.407 e. The van der Waals surface area contributed by atoms with Gasteiger partial charge in [-0.05, 0) is 53.6 Å². The highest BCUT2D eigenvalue weighted by Crippen LogP contribution is 2.33. The van der Waals surface area contributed by atoms with Gasteiger partial charge in [-0.2, -0.15) is 0 Å². The summed E-state index contributed by atoms with van der Waals surface area (Å²) < 4.78 is 22.4. The van der Waals surface area contributed by atoms with Crippen LogP contribution in [0.5, 0.6) is 5.75 Å². The molecule has 0 bridgehead atoms. The van der Waals surface area contributed by atoms with E-state index in [-0.39, 0.29) is 12.2 Å². The van der Waals surface area contributed by atoms with E-state index in [4.69, 9.17) is 19.9 Å². The second-order valence-electron chi connectivity index (χ2n) is 8.39. The van der Waals surface area contributed by atoms with Gasteiger partial charge in [0.1, 0.15) is 5.75 Å². The lowest BCUT2D eigenvalue weighted by atomic mass is 9.94. The van der Waals surface area contributed by atoms with Gasteiger partial charge in [-0.15, -0.1) is 0 Å². The van der Waals surface area contributed by atoms with Crippen molar-refractivity contribution < 1.29 is 28.5 Å². The van der Waals surface area contributed by atoms with Crippen LogP contribution in [0.2, 0.25) is 0 Å². The number of fused-ring (bicyclic) bond motifs is 1. The molecule has 172 valence electrons. The second-order valence-corrected chi connectivity index (χ2v) is 8.39. The summed E-state index contributed by atoms with van der Waals surface area (Å²) in [6.45, 7) is 1.94. The van der Waals surface area contributed by atoms with Crippen molar-refractivity contribution in [3.63, 3.8) is 0 Å². The van der Waals surface area contributed by atoms with Crippen molar-refractivity contribution in [3.8, 4) is 5.75 Å². The van der Waals surface area contributed by atoms with Crippen LogP contribution in [0.4, 0.5) is 4.79 Å². The first-order valence-electron chi connectivity index (χ1n) is 11.2. The lowest BCUT2D eigenvalue weighted by Crippen LogP contribution is -2.33. The van der Waals surface area contributed by atoms with Gasteiger partial charge >= 0.3 is 6.09 Å². The molecule has 32 heavy (non-hydrogen) atoms. The number of alkyl carbamates (subject to hydrolysis) is 1. The number of hydrogen-bond acceptors (Lipinski definition) is 6. The first-order valence-corrected chi connectivity index (χ1v) is 11.2. The van der Waals surface area contributed by atoms with Gasteiger partial charge in [0.05, 0.1) is 19.8 Å². The van der Waals surface area contributed by atoms with Crippen LogP contribution < -0.4 is 15.8 Å². The standard InChI is InChI=1S/C24H30N2O6/c25-22(27)15-32-24(28)26-10-2-5-23-30-13-18(14-31-23)20-4-1-3-17-11-19(8-9-21(17)20)29-12-16-6-7-16/h1,3-4,8-9,11,16,18,23H,2,5-7,10,12-15H2,(H2,25,27)(H,26,28)/t18-,23-. The maximum atomic E-state index is 11.4. The zero-order valence-electron chi connectivity index (χ0n) is 18.1. The van der Waals surface area contributed by atoms with Crippen molar-refractivity contribution in [2.75, 3.05) is 33.0 Å². The van der Waals surface area contributed by atoms with Gasteiger partial charge < -0.3 is 30.0 Å². The molecule has 2 fully saturated rings. The Morgan fingerprint density at radius 3 is 2.69 bits per heavy atom. The van der Waals surface area contributed by atoms with E-state index in [1.54, 1.807) is 0 Å². The fourth-order valence-electron chi connectivity index (χ4n) is 3.77. The predicted molar refractivity (Wildman–Crippen MR) is 118 cm³/mol. The molecule has 0 spiro atoms. The molecule has 0 radical (unpaired) electrons. The normalized spacial score (nSPS) is 20.6. The van der Waals surface area contributed by atoms with E-state index in [9.17, 15) is 9.59 Å². The van der Waals surface area contributed by atoms with E-state index in [0.29, 0.717) is 32.6 Å². The molecule has 1 saturated carbocycles. The molecule has 8 nitrogen and oxygen atoms in total. The average Bonchev–Trinajstić information content (AvgIpc) is 3.63. The molecular formula is C24H30N2O6. The molecule has 0 atom stereocenters. The molecule has 2 aromatic carbocycles. The molecule has 0 unspecified atom stereocenters. The molecule has 0 aromatic heterocycles. The van der Waals surface area contributed by atoms with E-state index >= 15 is 0 Å². The topological polar surface area (TPSA) is 109 Å². The molecule has 2 aromatic rings. The second kappa shape index (κ2) is 10.7. The molecule has 4 rings (SSSR count). The summed E-state index contributed by atoms with van der Waals surface area (Å²) in [6, 6.07) is 12.6. The van der Waals surface area contributed by atoms with Crippen LogP contribution in [0.25, 0.3) is 10.8 Å². The number of benzene rings is 2. The van der Waals surface area contributed by atoms with Crippen LogP contribution in [0, 0.1) is 5.92 Å².